The van der Waals surface area contributed by atoms with Crippen molar-refractivity contribution < 1.29 is 9.59 Å². The van der Waals surface area contributed by atoms with Crippen molar-refractivity contribution in [2.24, 2.45) is 5.10 Å². The van der Waals surface area contributed by atoms with Crippen molar-refractivity contribution >= 4 is 23.2 Å². The van der Waals surface area contributed by atoms with Crippen LogP contribution in [0, 0.1) is 0 Å². The fraction of sp³-hybridized carbons (Fsp3) is 0.160. The predicted octanol–water partition coefficient (Wildman–Crippen LogP) is 5.25. The van der Waals surface area contributed by atoms with Crippen molar-refractivity contribution in [3.63, 3.8) is 0 Å². The second kappa shape index (κ2) is 10.2. The largest absolute Gasteiger partial charge is 0.326 e. The van der Waals surface area contributed by atoms with E-state index in [0.29, 0.717) is 23.4 Å². The molecule has 3 aromatic carbocycles. The molecule has 152 valence electrons. The van der Waals surface area contributed by atoms with Crippen molar-refractivity contribution in [3.05, 3.63) is 90.0 Å². The van der Waals surface area contributed by atoms with Crippen molar-refractivity contribution in [3.8, 4) is 11.1 Å². The lowest BCUT2D eigenvalue weighted by molar-refractivity contribution is -0.116. The van der Waals surface area contributed by atoms with Crippen LogP contribution in [-0.2, 0) is 4.79 Å². The molecule has 2 amide bonds. The number of amides is 2. The second-order valence-electron chi connectivity index (χ2n) is 6.96. The first-order valence-electron chi connectivity index (χ1n) is 9.97. The van der Waals surface area contributed by atoms with E-state index in [1.54, 1.807) is 24.3 Å². The summed E-state index contributed by atoms with van der Waals surface area (Å²) in [5.74, 6) is -0.338. The number of hydrogen-bond acceptors (Lipinski definition) is 3. The quantitative estimate of drug-likeness (QED) is 0.421. The van der Waals surface area contributed by atoms with Crippen LogP contribution in [0.4, 0.5) is 5.69 Å². The zero-order valence-electron chi connectivity index (χ0n) is 17.2. The maximum atomic E-state index is 12.4. The van der Waals surface area contributed by atoms with E-state index < -0.39 is 0 Å². The van der Waals surface area contributed by atoms with Crippen molar-refractivity contribution in [1.29, 1.82) is 0 Å². The summed E-state index contributed by atoms with van der Waals surface area (Å²) in [5.41, 5.74) is 7.66. The molecule has 0 heterocycles. The Bertz CT molecular complexity index is 1020. The number of rotatable bonds is 7. The first kappa shape index (κ1) is 21.0. The van der Waals surface area contributed by atoms with E-state index in [2.05, 4.69) is 28.0 Å². The highest BCUT2D eigenvalue weighted by atomic mass is 16.2. The van der Waals surface area contributed by atoms with E-state index in [1.807, 2.05) is 56.3 Å². The smallest absolute Gasteiger partial charge is 0.271 e. The minimum absolute atomic E-state index is 0.0341. The molecule has 0 atom stereocenters. The molecule has 0 spiro atoms. The molecule has 0 aliphatic heterocycles. The molecule has 3 aromatic rings. The van der Waals surface area contributed by atoms with Crippen LogP contribution >= 0.6 is 0 Å². The standard InChI is InChI=1S/C25H25N3O2/c1-3-7-24(29)26-23-16-14-22(15-17-23)25(30)28-27-18(2)19-10-12-21(13-11-19)20-8-5-4-6-9-20/h4-6,8-17H,3,7H2,1-2H3,(H,26,29)(H,28,30)/b27-18+. The van der Waals surface area contributed by atoms with E-state index in [9.17, 15) is 9.59 Å². The van der Waals surface area contributed by atoms with Crippen LogP contribution in [0.15, 0.2) is 84.0 Å². The van der Waals surface area contributed by atoms with Gasteiger partial charge in [-0.2, -0.15) is 5.10 Å². The summed E-state index contributed by atoms with van der Waals surface area (Å²) in [6.45, 7) is 3.80. The second-order valence-corrected chi connectivity index (χ2v) is 6.96. The van der Waals surface area contributed by atoms with Crippen LogP contribution in [0.25, 0.3) is 11.1 Å². The summed E-state index contributed by atoms with van der Waals surface area (Å²) >= 11 is 0. The molecule has 0 unspecified atom stereocenters. The third-order valence-corrected chi connectivity index (χ3v) is 4.64. The predicted molar refractivity (Wildman–Crippen MR) is 122 cm³/mol. The van der Waals surface area contributed by atoms with Crippen LogP contribution < -0.4 is 10.7 Å². The number of carbonyl (C=O) groups is 2. The Hall–Kier alpha value is -3.73. The molecule has 3 rings (SSSR count). The SMILES string of the molecule is CCCC(=O)Nc1ccc(C(=O)N/N=C(\C)c2ccc(-c3ccccc3)cc2)cc1. The highest BCUT2D eigenvalue weighted by Crippen LogP contribution is 2.19. The number of benzene rings is 3. The first-order chi connectivity index (χ1) is 14.6. The van der Waals surface area contributed by atoms with Gasteiger partial charge in [-0.3, -0.25) is 9.59 Å². The number of anilines is 1. The molecule has 0 fully saturated rings. The Kier molecular flexibility index (Phi) is 7.11. The fourth-order valence-electron chi connectivity index (χ4n) is 2.95. The minimum atomic E-state index is -0.304. The van der Waals surface area contributed by atoms with Gasteiger partial charge in [0.15, 0.2) is 0 Å². The zero-order chi connectivity index (χ0) is 21.3. The lowest BCUT2D eigenvalue weighted by Crippen LogP contribution is -2.19. The summed E-state index contributed by atoms with van der Waals surface area (Å²) in [6, 6.07) is 24.9. The van der Waals surface area contributed by atoms with E-state index in [1.165, 1.54) is 0 Å². The molecule has 2 N–H and O–H groups in total. The minimum Gasteiger partial charge on any atom is -0.326 e. The van der Waals surface area contributed by atoms with Crippen molar-refractivity contribution in [2.45, 2.75) is 26.7 Å². The Labute approximate surface area is 176 Å². The Morgan fingerprint density at radius 3 is 2.03 bits per heavy atom. The normalized spacial score (nSPS) is 11.1. The van der Waals surface area contributed by atoms with Gasteiger partial charge < -0.3 is 5.32 Å². The Morgan fingerprint density at radius 1 is 0.800 bits per heavy atom. The van der Waals surface area contributed by atoms with Gasteiger partial charge in [0.25, 0.3) is 5.91 Å². The topological polar surface area (TPSA) is 70.6 Å². The summed E-state index contributed by atoms with van der Waals surface area (Å²) in [4.78, 5) is 24.0. The van der Waals surface area contributed by atoms with E-state index in [-0.39, 0.29) is 11.8 Å². The lowest BCUT2D eigenvalue weighted by Gasteiger charge is -2.07. The molecular formula is C25H25N3O2. The third-order valence-electron chi connectivity index (χ3n) is 4.64. The van der Waals surface area contributed by atoms with Crippen LogP contribution in [0.5, 0.6) is 0 Å². The molecule has 5 nitrogen and oxygen atoms in total. The molecule has 5 heteroatoms. The molecule has 0 bridgehead atoms. The van der Waals surface area contributed by atoms with Gasteiger partial charge in [-0.25, -0.2) is 5.43 Å². The van der Waals surface area contributed by atoms with Crippen LogP contribution in [0.2, 0.25) is 0 Å². The maximum Gasteiger partial charge on any atom is 0.271 e. The van der Waals surface area contributed by atoms with E-state index in [4.69, 9.17) is 0 Å². The fourth-order valence-corrected chi connectivity index (χ4v) is 2.95. The van der Waals surface area contributed by atoms with Crippen LogP contribution in [0.3, 0.4) is 0 Å². The van der Waals surface area contributed by atoms with E-state index >= 15 is 0 Å². The van der Waals surface area contributed by atoms with Gasteiger partial charge in [-0.05, 0) is 54.3 Å². The van der Waals surface area contributed by atoms with Crippen LogP contribution in [0.1, 0.15) is 42.6 Å². The zero-order valence-corrected chi connectivity index (χ0v) is 17.2. The van der Waals surface area contributed by atoms with Crippen molar-refractivity contribution in [2.75, 3.05) is 5.32 Å². The van der Waals surface area contributed by atoms with Gasteiger partial charge in [0.05, 0.1) is 5.71 Å². The molecule has 0 saturated heterocycles. The summed E-state index contributed by atoms with van der Waals surface area (Å²) in [6.07, 6.45) is 1.27. The molecule has 0 aliphatic rings. The average Bonchev–Trinajstić information content (AvgIpc) is 2.78. The number of hydrazone groups is 1. The Balaban J connectivity index is 1.60. The van der Waals surface area contributed by atoms with Gasteiger partial charge >= 0.3 is 0 Å². The highest BCUT2D eigenvalue weighted by molar-refractivity contribution is 6.01. The van der Waals surface area contributed by atoms with E-state index in [0.717, 1.165) is 23.1 Å². The number of nitrogens with one attached hydrogen (secondary N) is 2. The van der Waals surface area contributed by atoms with Gasteiger partial charge in [-0.15, -0.1) is 0 Å². The number of carbonyl (C=O) groups excluding carboxylic acids is 2. The molecule has 0 radical (unpaired) electrons. The van der Waals surface area contributed by atoms with Crippen molar-refractivity contribution in [1.82, 2.24) is 5.43 Å². The maximum absolute atomic E-state index is 12.4. The number of nitrogens with zero attached hydrogens (tertiary/aromatic N) is 1. The molecule has 0 saturated carbocycles. The van der Waals surface area contributed by atoms with Gasteiger partial charge in [0.1, 0.15) is 0 Å². The summed E-state index contributed by atoms with van der Waals surface area (Å²) < 4.78 is 0. The Morgan fingerprint density at radius 2 is 1.40 bits per heavy atom. The summed E-state index contributed by atoms with van der Waals surface area (Å²) in [7, 11) is 0. The molecule has 0 aliphatic carbocycles. The van der Waals surface area contributed by atoms with Crippen LogP contribution in [-0.4, -0.2) is 17.5 Å². The highest BCUT2D eigenvalue weighted by Gasteiger charge is 2.07. The van der Waals surface area contributed by atoms with Gasteiger partial charge in [0.2, 0.25) is 5.91 Å². The lowest BCUT2D eigenvalue weighted by atomic mass is 10.0. The number of hydrogen-bond donors (Lipinski definition) is 2. The van der Waals surface area contributed by atoms with Gasteiger partial charge in [-0.1, -0.05) is 61.5 Å². The monoisotopic (exact) mass is 399 g/mol. The average molecular weight is 399 g/mol. The first-order valence-corrected chi connectivity index (χ1v) is 9.97. The summed E-state index contributed by atoms with van der Waals surface area (Å²) in [5, 5.41) is 7.01. The molecular weight excluding hydrogens is 374 g/mol. The van der Waals surface area contributed by atoms with Gasteiger partial charge in [0, 0.05) is 17.7 Å². The molecule has 0 aromatic heterocycles. The third kappa shape index (κ3) is 5.64. The molecule has 30 heavy (non-hydrogen) atoms.